The van der Waals surface area contributed by atoms with Gasteiger partial charge in [0.05, 0.1) is 25.2 Å². The number of carbonyl (C=O) groups is 2. The van der Waals surface area contributed by atoms with Gasteiger partial charge in [-0.1, -0.05) is 17.7 Å². The highest BCUT2D eigenvalue weighted by Gasteiger charge is 2.35. The summed E-state index contributed by atoms with van der Waals surface area (Å²) in [6, 6.07) is 8.64. The summed E-state index contributed by atoms with van der Waals surface area (Å²) in [4.78, 5) is 26.8. The molecule has 0 radical (unpaired) electrons. The van der Waals surface area contributed by atoms with Crippen molar-refractivity contribution in [2.75, 3.05) is 20.5 Å². The van der Waals surface area contributed by atoms with Crippen LogP contribution in [0.1, 0.15) is 18.1 Å². The van der Waals surface area contributed by atoms with Crippen molar-refractivity contribution in [3.8, 4) is 23.0 Å². The van der Waals surface area contributed by atoms with Crippen molar-refractivity contribution in [1.29, 1.82) is 0 Å². The van der Waals surface area contributed by atoms with Crippen LogP contribution in [-0.2, 0) is 11.3 Å². The Morgan fingerprint density at radius 1 is 1.17 bits per heavy atom. The van der Waals surface area contributed by atoms with Crippen LogP contribution in [0.15, 0.2) is 35.2 Å². The predicted octanol–water partition coefficient (Wildman–Crippen LogP) is 4.71. The van der Waals surface area contributed by atoms with Gasteiger partial charge in [0.1, 0.15) is 0 Å². The topological polar surface area (TPSA) is 74.3 Å². The van der Waals surface area contributed by atoms with Gasteiger partial charge in [-0.15, -0.1) is 0 Å². The highest BCUT2D eigenvalue weighted by molar-refractivity contribution is 8.18. The minimum absolute atomic E-state index is 0.0457. The number of nitrogens with zero attached hydrogens (tertiary/aromatic N) is 1. The molecule has 7 nitrogen and oxygen atoms in total. The number of hydrogen-bond donors (Lipinski definition) is 0. The van der Waals surface area contributed by atoms with Crippen LogP contribution in [0.4, 0.5) is 4.79 Å². The fraction of sp³-hybridized carbons (Fsp3) is 0.238. The summed E-state index contributed by atoms with van der Waals surface area (Å²) >= 11 is 7.17. The van der Waals surface area contributed by atoms with Crippen molar-refractivity contribution in [2.24, 2.45) is 0 Å². The second-order valence-electron chi connectivity index (χ2n) is 6.41. The average Bonchev–Trinajstić information content (AvgIpc) is 3.28. The number of benzene rings is 2. The van der Waals surface area contributed by atoms with Crippen molar-refractivity contribution < 1.29 is 28.5 Å². The lowest BCUT2D eigenvalue weighted by Gasteiger charge is -2.14. The van der Waals surface area contributed by atoms with E-state index in [-0.39, 0.29) is 24.5 Å². The lowest BCUT2D eigenvalue weighted by molar-refractivity contribution is -0.123. The molecule has 0 aliphatic carbocycles. The van der Waals surface area contributed by atoms with Gasteiger partial charge >= 0.3 is 0 Å². The second kappa shape index (κ2) is 8.49. The Morgan fingerprint density at radius 2 is 1.93 bits per heavy atom. The van der Waals surface area contributed by atoms with Gasteiger partial charge in [-0.2, -0.15) is 0 Å². The molecule has 0 N–H and O–H groups in total. The maximum absolute atomic E-state index is 12.9. The average molecular weight is 448 g/mol. The molecule has 0 atom stereocenters. The standard InChI is InChI=1S/C21H18ClNO6S/c1-3-27-15-5-4-12(6-16(15)26-2)7-19-20(24)23(21(25)30-19)10-13-8-17-18(9-14(13)22)29-11-28-17/h4-9H,3,10-11H2,1-2H3/b19-7+. The van der Waals surface area contributed by atoms with Gasteiger partial charge < -0.3 is 18.9 Å². The lowest BCUT2D eigenvalue weighted by atomic mass is 10.1. The third-order valence-electron chi connectivity index (χ3n) is 4.53. The van der Waals surface area contributed by atoms with Crippen LogP contribution < -0.4 is 18.9 Å². The number of ether oxygens (including phenoxy) is 4. The van der Waals surface area contributed by atoms with Crippen LogP contribution in [0.2, 0.25) is 5.02 Å². The maximum Gasteiger partial charge on any atom is 0.293 e. The molecule has 30 heavy (non-hydrogen) atoms. The highest BCUT2D eigenvalue weighted by atomic mass is 35.5. The molecule has 1 fully saturated rings. The van der Waals surface area contributed by atoms with Gasteiger partial charge in [-0.3, -0.25) is 14.5 Å². The largest absolute Gasteiger partial charge is 0.493 e. The van der Waals surface area contributed by atoms with Crippen molar-refractivity contribution in [2.45, 2.75) is 13.5 Å². The van der Waals surface area contributed by atoms with Gasteiger partial charge in [0.2, 0.25) is 6.79 Å². The predicted molar refractivity (Wildman–Crippen MR) is 113 cm³/mol. The summed E-state index contributed by atoms with van der Waals surface area (Å²) in [6.45, 7) is 2.56. The van der Waals surface area contributed by atoms with E-state index in [4.69, 9.17) is 30.5 Å². The molecule has 0 spiro atoms. The molecule has 9 heteroatoms. The van der Waals surface area contributed by atoms with E-state index < -0.39 is 0 Å². The highest BCUT2D eigenvalue weighted by Crippen LogP contribution is 2.39. The normalized spacial score (nSPS) is 16.5. The van der Waals surface area contributed by atoms with E-state index in [1.165, 1.54) is 0 Å². The molecule has 0 saturated carbocycles. The zero-order valence-corrected chi connectivity index (χ0v) is 17.8. The molecule has 4 rings (SSSR count). The van der Waals surface area contributed by atoms with Gasteiger partial charge in [0, 0.05) is 11.1 Å². The van der Waals surface area contributed by atoms with E-state index in [2.05, 4.69) is 0 Å². The number of imide groups is 1. The Labute approximate surface area is 182 Å². The first-order valence-electron chi connectivity index (χ1n) is 9.14. The Morgan fingerprint density at radius 3 is 2.67 bits per heavy atom. The zero-order chi connectivity index (χ0) is 21.3. The van der Waals surface area contributed by atoms with Crippen LogP contribution in [0.25, 0.3) is 6.08 Å². The maximum atomic E-state index is 12.9. The van der Waals surface area contributed by atoms with Crippen molar-refractivity contribution in [3.63, 3.8) is 0 Å². The van der Waals surface area contributed by atoms with E-state index in [0.717, 1.165) is 22.2 Å². The molecule has 0 aromatic heterocycles. The smallest absolute Gasteiger partial charge is 0.293 e. The number of fused-ring (bicyclic) bond motifs is 1. The van der Waals surface area contributed by atoms with Crippen LogP contribution in [0.3, 0.4) is 0 Å². The molecular formula is C21H18ClNO6S. The summed E-state index contributed by atoms with van der Waals surface area (Å²) in [5.74, 6) is 1.87. The summed E-state index contributed by atoms with van der Waals surface area (Å²) in [6.07, 6.45) is 1.66. The van der Waals surface area contributed by atoms with Crippen molar-refractivity contribution >= 4 is 40.6 Å². The molecule has 2 aromatic rings. The first-order chi connectivity index (χ1) is 14.5. The van der Waals surface area contributed by atoms with Crippen LogP contribution in [0.5, 0.6) is 23.0 Å². The van der Waals surface area contributed by atoms with E-state index in [1.54, 1.807) is 43.5 Å². The van der Waals surface area contributed by atoms with Crippen LogP contribution in [-0.4, -0.2) is 36.6 Å². The number of thioether (sulfide) groups is 1. The second-order valence-corrected chi connectivity index (χ2v) is 7.81. The number of halogens is 1. The number of rotatable bonds is 6. The molecular weight excluding hydrogens is 430 g/mol. The Bertz CT molecular complexity index is 1050. The first kappa shape index (κ1) is 20.4. The molecule has 2 aliphatic rings. The van der Waals surface area contributed by atoms with E-state index >= 15 is 0 Å². The third-order valence-corrected chi connectivity index (χ3v) is 5.79. The Balaban J connectivity index is 1.56. The Kier molecular flexibility index (Phi) is 5.78. The summed E-state index contributed by atoms with van der Waals surface area (Å²) < 4.78 is 21.5. The molecule has 1 saturated heterocycles. The van der Waals surface area contributed by atoms with E-state index in [9.17, 15) is 9.59 Å². The molecule has 2 aromatic carbocycles. The Hall–Kier alpha value is -2.84. The van der Waals surface area contributed by atoms with Gasteiger partial charge in [-0.25, -0.2) is 0 Å². The van der Waals surface area contributed by atoms with E-state index in [0.29, 0.717) is 45.1 Å². The molecule has 2 heterocycles. The fourth-order valence-corrected chi connectivity index (χ4v) is 4.14. The third kappa shape index (κ3) is 3.93. The van der Waals surface area contributed by atoms with Crippen molar-refractivity contribution in [1.82, 2.24) is 4.90 Å². The van der Waals surface area contributed by atoms with Gasteiger partial charge in [-0.05, 0) is 54.1 Å². The molecule has 0 unspecified atom stereocenters. The first-order valence-corrected chi connectivity index (χ1v) is 10.3. The lowest BCUT2D eigenvalue weighted by Crippen LogP contribution is -2.27. The number of hydrogen-bond acceptors (Lipinski definition) is 7. The minimum Gasteiger partial charge on any atom is -0.493 e. The van der Waals surface area contributed by atoms with Crippen molar-refractivity contribution in [3.05, 3.63) is 51.4 Å². The quantitative estimate of drug-likeness (QED) is 0.593. The molecule has 2 amide bonds. The molecule has 2 aliphatic heterocycles. The van der Waals surface area contributed by atoms with Gasteiger partial charge in [0.25, 0.3) is 11.1 Å². The molecule has 156 valence electrons. The number of methoxy groups -OCH3 is 1. The summed E-state index contributed by atoms with van der Waals surface area (Å²) in [7, 11) is 1.55. The van der Waals surface area contributed by atoms with Crippen LogP contribution >= 0.6 is 23.4 Å². The SMILES string of the molecule is CCOc1ccc(/C=C2/SC(=O)N(Cc3cc4c(cc3Cl)OCO4)C2=O)cc1OC. The minimum atomic E-state index is -0.383. The summed E-state index contributed by atoms with van der Waals surface area (Å²) in [5.41, 5.74) is 1.33. The number of carbonyl (C=O) groups excluding carboxylic acids is 2. The molecule has 0 bridgehead atoms. The number of amides is 2. The monoisotopic (exact) mass is 447 g/mol. The van der Waals surface area contributed by atoms with Crippen LogP contribution in [0, 0.1) is 0 Å². The van der Waals surface area contributed by atoms with Gasteiger partial charge in [0.15, 0.2) is 23.0 Å². The van der Waals surface area contributed by atoms with E-state index in [1.807, 2.05) is 6.92 Å². The summed E-state index contributed by atoms with van der Waals surface area (Å²) in [5, 5.41) is 0.0383. The fourth-order valence-electron chi connectivity index (χ4n) is 3.09. The zero-order valence-electron chi connectivity index (χ0n) is 16.3.